The smallest absolute Gasteiger partial charge is 0.291 e. The molecular weight excluding hydrogens is 270 g/mol. The van der Waals surface area contributed by atoms with E-state index >= 15 is 0 Å². The summed E-state index contributed by atoms with van der Waals surface area (Å²) in [5.41, 5.74) is 0.450. The van der Waals surface area contributed by atoms with E-state index in [9.17, 15) is 4.79 Å². The predicted octanol–water partition coefficient (Wildman–Crippen LogP) is 2.22. The van der Waals surface area contributed by atoms with Gasteiger partial charge in [0.2, 0.25) is 0 Å². The fraction of sp³-hybridized carbons (Fsp3) is 0.667. The van der Waals surface area contributed by atoms with Crippen LogP contribution in [-0.4, -0.2) is 27.3 Å². The average molecular weight is 286 g/mol. The number of hydrogen-bond donors (Lipinski definition) is 1. The topological polar surface area (TPSA) is 46.9 Å². The third-order valence-corrected chi connectivity index (χ3v) is 4.85. The van der Waals surface area contributed by atoms with Crippen LogP contribution in [0.4, 0.5) is 5.69 Å². The van der Waals surface area contributed by atoms with Crippen LogP contribution < -0.4 is 10.9 Å². The van der Waals surface area contributed by atoms with Crippen molar-refractivity contribution in [2.75, 3.05) is 16.8 Å². The van der Waals surface area contributed by atoms with Gasteiger partial charge in [-0.2, -0.15) is 16.9 Å². The second-order valence-corrected chi connectivity index (χ2v) is 6.56. The van der Waals surface area contributed by atoms with Crippen molar-refractivity contribution in [3.8, 4) is 0 Å². The maximum absolute atomic E-state index is 12.3. The molecule has 3 rings (SSSR count). The van der Waals surface area contributed by atoms with Gasteiger partial charge in [0.05, 0.1) is 11.2 Å². The molecule has 0 radical (unpaired) electrons. The van der Waals surface area contributed by atoms with E-state index in [4.69, 9.17) is 11.6 Å². The molecule has 18 heavy (non-hydrogen) atoms. The molecule has 1 unspecified atom stereocenters. The fourth-order valence-corrected chi connectivity index (χ4v) is 3.46. The fourth-order valence-electron chi connectivity index (χ4n) is 2.13. The number of aromatic nitrogens is 2. The molecule has 1 aromatic heterocycles. The Labute approximate surface area is 115 Å². The first kappa shape index (κ1) is 12.4. The standard InChI is InChI=1S/C12H16ClN3OS/c13-10-5-14-16(6-8-1-2-8)12(17)11(10)15-9-3-4-18-7-9/h5,8-9,15H,1-4,6-7H2. The van der Waals surface area contributed by atoms with Crippen LogP contribution >= 0.6 is 23.4 Å². The lowest BCUT2D eigenvalue weighted by Gasteiger charge is -2.14. The molecular formula is C12H16ClN3OS. The Bertz CT molecular complexity index is 495. The summed E-state index contributed by atoms with van der Waals surface area (Å²) in [7, 11) is 0. The predicted molar refractivity (Wildman–Crippen MR) is 75.6 cm³/mol. The van der Waals surface area contributed by atoms with Crippen molar-refractivity contribution in [2.45, 2.75) is 31.8 Å². The van der Waals surface area contributed by atoms with E-state index in [0.717, 1.165) is 24.5 Å². The Hall–Kier alpha value is -0.680. The third-order valence-electron chi connectivity index (χ3n) is 3.40. The molecule has 4 nitrogen and oxygen atoms in total. The molecule has 1 atom stereocenters. The second kappa shape index (κ2) is 5.13. The van der Waals surface area contributed by atoms with Crippen LogP contribution in [0.5, 0.6) is 0 Å². The zero-order chi connectivity index (χ0) is 12.5. The van der Waals surface area contributed by atoms with Crippen molar-refractivity contribution in [1.29, 1.82) is 0 Å². The van der Waals surface area contributed by atoms with Gasteiger partial charge in [-0.15, -0.1) is 0 Å². The summed E-state index contributed by atoms with van der Waals surface area (Å²) in [6.07, 6.45) is 5.08. The van der Waals surface area contributed by atoms with Crippen LogP contribution in [0.15, 0.2) is 11.0 Å². The minimum atomic E-state index is -0.0775. The number of nitrogens with zero attached hydrogens (tertiary/aromatic N) is 2. The van der Waals surface area contributed by atoms with Gasteiger partial charge in [-0.25, -0.2) is 4.68 Å². The van der Waals surface area contributed by atoms with Crippen molar-refractivity contribution in [2.24, 2.45) is 5.92 Å². The van der Waals surface area contributed by atoms with E-state index in [1.54, 1.807) is 10.9 Å². The number of anilines is 1. The summed E-state index contributed by atoms with van der Waals surface area (Å²) in [4.78, 5) is 12.3. The number of halogens is 1. The van der Waals surface area contributed by atoms with Crippen LogP contribution in [0.1, 0.15) is 19.3 Å². The molecule has 0 amide bonds. The van der Waals surface area contributed by atoms with Gasteiger partial charge in [0, 0.05) is 18.3 Å². The number of hydrogen-bond acceptors (Lipinski definition) is 4. The Morgan fingerprint density at radius 2 is 2.33 bits per heavy atom. The van der Waals surface area contributed by atoms with Gasteiger partial charge in [-0.1, -0.05) is 11.6 Å². The van der Waals surface area contributed by atoms with E-state index in [1.165, 1.54) is 12.8 Å². The molecule has 0 aromatic carbocycles. The summed E-state index contributed by atoms with van der Waals surface area (Å²) in [5, 5.41) is 7.84. The minimum absolute atomic E-state index is 0.0775. The largest absolute Gasteiger partial charge is 0.376 e. The molecule has 1 saturated heterocycles. The van der Waals surface area contributed by atoms with Crippen LogP contribution in [-0.2, 0) is 6.54 Å². The normalized spacial score (nSPS) is 23.3. The quantitative estimate of drug-likeness (QED) is 0.921. The van der Waals surface area contributed by atoms with Gasteiger partial charge < -0.3 is 5.32 Å². The minimum Gasteiger partial charge on any atom is -0.376 e. The van der Waals surface area contributed by atoms with Gasteiger partial charge in [-0.3, -0.25) is 4.79 Å². The van der Waals surface area contributed by atoms with Gasteiger partial charge in [-0.05, 0) is 30.9 Å². The molecule has 1 aliphatic heterocycles. The van der Waals surface area contributed by atoms with E-state index in [0.29, 0.717) is 22.7 Å². The maximum atomic E-state index is 12.3. The lowest BCUT2D eigenvalue weighted by Crippen LogP contribution is -2.30. The maximum Gasteiger partial charge on any atom is 0.291 e. The van der Waals surface area contributed by atoms with Crippen molar-refractivity contribution in [3.05, 3.63) is 21.6 Å². The molecule has 0 spiro atoms. The van der Waals surface area contributed by atoms with E-state index in [-0.39, 0.29) is 5.56 Å². The van der Waals surface area contributed by atoms with Gasteiger partial charge in [0.15, 0.2) is 0 Å². The second-order valence-electron chi connectivity index (χ2n) is 5.00. The molecule has 98 valence electrons. The molecule has 2 fully saturated rings. The highest BCUT2D eigenvalue weighted by atomic mass is 35.5. The van der Waals surface area contributed by atoms with Crippen LogP contribution in [0.2, 0.25) is 5.02 Å². The first-order valence-electron chi connectivity index (χ1n) is 6.34. The Balaban J connectivity index is 1.83. The zero-order valence-electron chi connectivity index (χ0n) is 10.1. The zero-order valence-corrected chi connectivity index (χ0v) is 11.6. The lowest BCUT2D eigenvalue weighted by atomic mass is 10.2. The first-order valence-corrected chi connectivity index (χ1v) is 7.87. The molecule has 2 aliphatic rings. The van der Waals surface area contributed by atoms with Gasteiger partial charge in [0.25, 0.3) is 5.56 Å². The summed E-state index contributed by atoms with van der Waals surface area (Å²) in [6.45, 7) is 0.726. The van der Waals surface area contributed by atoms with Crippen LogP contribution in [0.3, 0.4) is 0 Å². The van der Waals surface area contributed by atoms with Crippen molar-refractivity contribution in [1.82, 2.24) is 9.78 Å². The highest BCUT2D eigenvalue weighted by Gasteiger charge is 2.24. The molecule has 1 saturated carbocycles. The van der Waals surface area contributed by atoms with Crippen molar-refractivity contribution in [3.63, 3.8) is 0 Å². The average Bonchev–Trinajstić information content (AvgIpc) is 3.02. The summed E-state index contributed by atoms with van der Waals surface area (Å²) in [6, 6.07) is 0.358. The Morgan fingerprint density at radius 3 is 3.00 bits per heavy atom. The number of nitrogens with one attached hydrogen (secondary N) is 1. The molecule has 0 bridgehead atoms. The first-order chi connectivity index (χ1) is 8.74. The molecule has 1 N–H and O–H groups in total. The van der Waals surface area contributed by atoms with Crippen LogP contribution in [0.25, 0.3) is 0 Å². The van der Waals surface area contributed by atoms with E-state index < -0.39 is 0 Å². The Kier molecular flexibility index (Phi) is 3.52. The van der Waals surface area contributed by atoms with Crippen LogP contribution in [0, 0.1) is 5.92 Å². The Morgan fingerprint density at radius 1 is 1.50 bits per heavy atom. The SMILES string of the molecule is O=c1c(NC2CCSC2)c(Cl)cnn1CC1CC1. The highest BCUT2D eigenvalue weighted by molar-refractivity contribution is 7.99. The molecule has 6 heteroatoms. The van der Waals surface area contributed by atoms with E-state index in [2.05, 4.69) is 10.4 Å². The molecule has 1 aromatic rings. The van der Waals surface area contributed by atoms with Crippen molar-refractivity contribution >= 4 is 29.1 Å². The number of thioether (sulfide) groups is 1. The van der Waals surface area contributed by atoms with E-state index in [1.807, 2.05) is 11.8 Å². The van der Waals surface area contributed by atoms with Gasteiger partial charge in [0.1, 0.15) is 5.69 Å². The van der Waals surface area contributed by atoms with Crippen molar-refractivity contribution < 1.29 is 0 Å². The van der Waals surface area contributed by atoms with Gasteiger partial charge >= 0.3 is 0 Å². The highest BCUT2D eigenvalue weighted by Crippen LogP contribution is 2.30. The molecule has 1 aliphatic carbocycles. The third kappa shape index (κ3) is 2.67. The molecule has 2 heterocycles. The summed E-state index contributed by atoms with van der Waals surface area (Å²) < 4.78 is 1.55. The lowest BCUT2D eigenvalue weighted by molar-refractivity contribution is 0.534. The summed E-state index contributed by atoms with van der Waals surface area (Å²) >= 11 is 7.99. The number of rotatable bonds is 4. The monoisotopic (exact) mass is 285 g/mol. The summed E-state index contributed by atoms with van der Waals surface area (Å²) in [5.74, 6) is 2.82.